The summed E-state index contributed by atoms with van der Waals surface area (Å²) in [6.45, 7) is 2.28. The van der Waals surface area contributed by atoms with E-state index in [0.29, 0.717) is 48.1 Å². The SMILES string of the molecule is O=C(Nc1c(C(=O)N2CCN(c3ccc(F)cc3)CC2)[nH]c2ccccc12)c1ccc(Cl)cc1. The van der Waals surface area contributed by atoms with E-state index in [1.807, 2.05) is 24.3 Å². The number of para-hydroxylation sites is 1. The first-order valence-electron chi connectivity index (χ1n) is 11.0. The molecule has 2 N–H and O–H groups in total. The average molecular weight is 477 g/mol. The minimum Gasteiger partial charge on any atom is -0.368 e. The Kier molecular flexibility index (Phi) is 5.94. The van der Waals surface area contributed by atoms with Crippen LogP contribution in [0.2, 0.25) is 5.02 Å². The van der Waals surface area contributed by atoms with Gasteiger partial charge in [0.25, 0.3) is 11.8 Å². The number of aromatic amines is 1. The second-order valence-electron chi connectivity index (χ2n) is 8.14. The molecule has 0 unspecified atom stereocenters. The maximum atomic E-state index is 13.5. The number of halogens is 2. The van der Waals surface area contributed by atoms with Gasteiger partial charge >= 0.3 is 0 Å². The highest BCUT2D eigenvalue weighted by molar-refractivity contribution is 6.30. The van der Waals surface area contributed by atoms with E-state index in [4.69, 9.17) is 11.6 Å². The molecular formula is C26H22ClFN4O2. The number of fused-ring (bicyclic) bond motifs is 1. The van der Waals surface area contributed by atoms with Crippen molar-refractivity contribution in [2.45, 2.75) is 0 Å². The fourth-order valence-corrected chi connectivity index (χ4v) is 4.32. The van der Waals surface area contributed by atoms with E-state index in [1.165, 1.54) is 12.1 Å². The predicted molar refractivity (Wildman–Crippen MR) is 132 cm³/mol. The van der Waals surface area contributed by atoms with Gasteiger partial charge in [-0.2, -0.15) is 0 Å². The zero-order valence-electron chi connectivity index (χ0n) is 18.2. The molecule has 3 aromatic carbocycles. The summed E-state index contributed by atoms with van der Waals surface area (Å²) in [5.41, 5.74) is 2.94. The minimum absolute atomic E-state index is 0.179. The van der Waals surface area contributed by atoms with E-state index in [0.717, 1.165) is 16.6 Å². The molecule has 1 aliphatic rings. The van der Waals surface area contributed by atoms with Crippen LogP contribution in [0.5, 0.6) is 0 Å². The summed E-state index contributed by atoms with van der Waals surface area (Å²) in [5, 5.41) is 4.23. The van der Waals surface area contributed by atoms with Gasteiger partial charge in [0.1, 0.15) is 11.5 Å². The fraction of sp³-hybridized carbons (Fsp3) is 0.154. The van der Waals surface area contributed by atoms with E-state index in [2.05, 4.69) is 15.2 Å². The first kappa shape index (κ1) is 22.0. The number of H-pyrrole nitrogens is 1. The van der Waals surface area contributed by atoms with Crippen LogP contribution < -0.4 is 10.2 Å². The van der Waals surface area contributed by atoms with E-state index in [-0.39, 0.29) is 17.6 Å². The second-order valence-corrected chi connectivity index (χ2v) is 8.57. The topological polar surface area (TPSA) is 68.4 Å². The normalized spacial score (nSPS) is 13.8. The van der Waals surface area contributed by atoms with Crippen molar-refractivity contribution in [3.05, 3.63) is 94.9 Å². The molecule has 34 heavy (non-hydrogen) atoms. The molecular weight excluding hydrogens is 455 g/mol. The number of amides is 2. The van der Waals surface area contributed by atoms with E-state index in [9.17, 15) is 14.0 Å². The molecule has 1 saturated heterocycles. The third kappa shape index (κ3) is 4.34. The molecule has 1 aromatic heterocycles. The van der Waals surface area contributed by atoms with Crippen molar-refractivity contribution < 1.29 is 14.0 Å². The van der Waals surface area contributed by atoms with Crippen LogP contribution in [0.1, 0.15) is 20.8 Å². The Morgan fingerprint density at radius 1 is 0.882 bits per heavy atom. The van der Waals surface area contributed by atoms with E-state index >= 15 is 0 Å². The summed E-state index contributed by atoms with van der Waals surface area (Å²) < 4.78 is 13.2. The molecule has 0 spiro atoms. The largest absolute Gasteiger partial charge is 0.368 e. The number of benzene rings is 3. The zero-order valence-corrected chi connectivity index (χ0v) is 19.0. The molecule has 8 heteroatoms. The Bertz CT molecular complexity index is 1340. The summed E-state index contributed by atoms with van der Waals surface area (Å²) >= 11 is 5.94. The van der Waals surface area contributed by atoms with Crippen molar-refractivity contribution in [2.75, 3.05) is 36.4 Å². The van der Waals surface area contributed by atoms with E-state index < -0.39 is 0 Å². The lowest BCUT2D eigenvalue weighted by atomic mass is 10.1. The van der Waals surface area contributed by atoms with Crippen molar-refractivity contribution in [2.24, 2.45) is 0 Å². The van der Waals surface area contributed by atoms with Gasteiger partial charge in [-0.05, 0) is 54.6 Å². The number of piperazine rings is 1. The minimum atomic E-state index is -0.323. The van der Waals surface area contributed by atoms with Gasteiger partial charge in [-0.3, -0.25) is 9.59 Å². The van der Waals surface area contributed by atoms with Crippen LogP contribution in [0.15, 0.2) is 72.8 Å². The molecule has 2 heterocycles. The van der Waals surface area contributed by atoms with Gasteiger partial charge in [-0.25, -0.2) is 4.39 Å². The lowest BCUT2D eigenvalue weighted by Crippen LogP contribution is -2.49. The summed E-state index contributed by atoms with van der Waals surface area (Å²) in [6.07, 6.45) is 0. The molecule has 2 amide bonds. The van der Waals surface area contributed by atoms with Gasteiger partial charge in [0.05, 0.1) is 5.69 Å². The Hall–Kier alpha value is -3.84. The number of aromatic nitrogens is 1. The van der Waals surface area contributed by atoms with Gasteiger partial charge in [0.15, 0.2) is 0 Å². The summed E-state index contributed by atoms with van der Waals surface area (Å²) in [5.74, 6) is -0.775. The van der Waals surface area contributed by atoms with Gasteiger partial charge in [0, 0.05) is 53.4 Å². The van der Waals surface area contributed by atoms with Crippen LogP contribution in [-0.4, -0.2) is 47.9 Å². The first-order chi connectivity index (χ1) is 16.5. The van der Waals surface area contributed by atoms with Crippen LogP contribution in [0, 0.1) is 5.82 Å². The van der Waals surface area contributed by atoms with Crippen molar-refractivity contribution in [3.63, 3.8) is 0 Å². The highest BCUT2D eigenvalue weighted by Gasteiger charge is 2.27. The quantitative estimate of drug-likeness (QED) is 0.426. The number of carbonyl (C=O) groups is 2. The average Bonchev–Trinajstić information content (AvgIpc) is 3.23. The summed E-state index contributed by atoms with van der Waals surface area (Å²) in [7, 11) is 0. The molecule has 4 aromatic rings. The number of hydrogen-bond acceptors (Lipinski definition) is 3. The molecule has 0 atom stereocenters. The zero-order chi connectivity index (χ0) is 23.7. The second kappa shape index (κ2) is 9.19. The van der Waals surface area contributed by atoms with Crippen molar-refractivity contribution in [1.82, 2.24) is 9.88 Å². The number of carbonyl (C=O) groups excluding carboxylic acids is 2. The molecule has 0 aliphatic carbocycles. The Morgan fingerprint density at radius 3 is 2.26 bits per heavy atom. The molecule has 6 nitrogen and oxygen atoms in total. The smallest absolute Gasteiger partial charge is 0.272 e. The lowest BCUT2D eigenvalue weighted by Gasteiger charge is -2.36. The van der Waals surface area contributed by atoms with Gasteiger partial charge in [-0.1, -0.05) is 29.8 Å². The third-order valence-corrected chi connectivity index (χ3v) is 6.28. The highest BCUT2D eigenvalue weighted by atomic mass is 35.5. The molecule has 0 radical (unpaired) electrons. The Balaban J connectivity index is 1.38. The van der Waals surface area contributed by atoms with E-state index in [1.54, 1.807) is 41.3 Å². The first-order valence-corrected chi connectivity index (χ1v) is 11.3. The molecule has 0 saturated carbocycles. The molecule has 1 aliphatic heterocycles. The Labute approximate surface area is 200 Å². The predicted octanol–water partition coefficient (Wildman–Crippen LogP) is 5.18. The van der Waals surface area contributed by atoms with Crippen molar-refractivity contribution in [1.29, 1.82) is 0 Å². The Morgan fingerprint density at radius 2 is 1.56 bits per heavy atom. The highest BCUT2D eigenvalue weighted by Crippen LogP contribution is 2.30. The molecule has 1 fully saturated rings. The van der Waals surface area contributed by atoms with Gasteiger partial charge in [0.2, 0.25) is 0 Å². The number of anilines is 2. The van der Waals surface area contributed by atoms with Crippen LogP contribution in [0.3, 0.4) is 0 Å². The van der Waals surface area contributed by atoms with Crippen LogP contribution in [0.25, 0.3) is 10.9 Å². The molecule has 0 bridgehead atoms. The van der Waals surface area contributed by atoms with Crippen molar-refractivity contribution in [3.8, 4) is 0 Å². The number of nitrogens with one attached hydrogen (secondary N) is 2. The summed E-state index contributed by atoms with van der Waals surface area (Å²) in [4.78, 5) is 33.5. The monoisotopic (exact) mass is 476 g/mol. The summed E-state index contributed by atoms with van der Waals surface area (Å²) in [6, 6.07) is 20.4. The van der Waals surface area contributed by atoms with Crippen LogP contribution in [0.4, 0.5) is 15.8 Å². The molecule has 5 rings (SSSR count). The maximum Gasteiger partial charge on any atom is 0.272 e. The third-order valence-electron chi connectivity index (χ3n) is 6.02. The standard InChI is InChI=1S/C26H22ClFN4O2/c27-18-7-5-17(6-8-18)25(33)30-23-21-3-1-2-4-22(21)29-24(23)26(34)32-15-13-31(14-16-32)20-11-9-19(28)10-12-20/h1-12,29H,13-16H2,(H,30,33). The van der Waals surface area contributed by atoms with Gasteiger partial charge < -0.3 is 20.1 Å². The molecule has 172 valence electrons. The van der Waals surface area contributed by atoms with Crippen LogP contribution in [-0.2, 0) is 0 Å². The number of hydrogen-bond donors (Lipinski definition) is 2. The maximum absolute atomic E-state index is 13.5. The van der Waals surface area contributed by atoms with Crippen molar-refractivity contribution >= 4 is 45.7 Å². The van der Waals surface area contributed by atoms with Gasteiger partial charge in [-0.15, -0.1) is 0 Å². The fourth-order valence-electron chi connectivity index (χ4n) is 4.20. The number of nitrogens with zero attached hydrogens (tertiary/aromatic N) is 2. The lowest BCUT2D eigenvalue weighted by molar-refractivity contribution is 0.0743. The van der Waals surface area contributed by atoms with Crippen LogP contribution >= 0.6 is 11.6 Å². The number of rotatable bonds is 4.